The van der Waals surface area contributed by atoms with Crippen molar-refractivity contribution in [1.82, 2.24) is 5.32 Å². The normalized spacial score (nSPS) is 11.0. The number of rotatable bonds is 8. The summed E-state index contributed by atoms with van der Waals surface area (Å²) in [5.74, 6) is 1.63. The molecule has 0 aromatic carbocycles. The summed E-state index contributed by atoms with van der Waals surface area (Å²) in [4.78, 5) is 0. The molecule has 0 fully saturated rings. The van der Waals surface area contributed by atoms with Crippen molar-refractivity contribution in [2.75, 3.05) is 19.0 Å². The van der Waals surface area contributed by atoms with E-state index in [1.165, 1.54) is 25.8 Å². The van der Waals surface area contributed by atoms with Gasteiger partial charge in [-0.1, -0.05) is 20.3 Å². The lowest BCUT2D eigenvalue weighted by Crippen LogP contribution is -2.18. The number of nitrogens with one attached hydrogen (secondary N) is 1. The van der Waals surface area contributed by atoms with E-state index in [2.05, 4.69) is 19.2 Å². The van der Waals surface area contributed by atoms with Gasteiger partial charge in [0.2, 0.25) is 0 Å². The number of halogens is 1. The zero-order valence-electron chi connectivity index (χ0n) is 8.41. The number of unbranched alkanes of at least 4 members (excludes halogenated alkanes) is 2. The van der Waals surface area contributed by atoms with E-state index in [9.17, 15) is 0 Å². The summed E-state index contributed by atoms with van der Waals surface area (Å²) < 4.78 is 0. The highest BCUT2D eigenvalue weighted by atomic mass is 35.5. The molecule has 0 spiro atoms. The van der Waals surface area contributed by atoms with Gasteiger partial charge in [-0.25, -0.2) is 0 Å². The molecule has 0 radical (unpaired) electrons. The minimum atomic E-state index is 0.812. The van der Waals surface area contributed by atoms with Crippen LogP contribution in [0.1, 0.15) is 39.5 Å². The van der Waals surface area contributed by atoms with Gasteiger partial charge < -0.3 is 5.32 Å². The van der Waals surface area contributed by atoms with E-state index in [0.717, 1.165) is 24.8 Å². The molecule has 0 amide bonds. The molecule has 0 aliphatic carbocycles. The average molecular weight is 192 g/mol. The maximum atomic E-state index is 5.56. The third-order valence-electron chi connectivity index (χ3n) is 1.89. The molecule has 1 N–H and O–H groups in total. The first-order valence-electron chi connectivity index (χ1n) is 5.04. The van der Waals surface area contributed by atoms with Gasteiger partial charge in [-0.05, 0) is 38.3 Å². The van der Waals surface area contributed by atoms with Crippen LogP contribution in [0.25, 0.3) is 0 Å². The Bertz CT molecular complexity index is 83.9. The van der Waals surface area contributed by atoms with E-state index in [-0.39, 0.29) is 0 Å². The number of hydrogen-bond donors (Lipinski definition) is 1. The van der Waals surface area contributed by atoms with Crippen molar-refractivity contribution in [3.8, 4) is 0 Å². The summed E-state index contributed by atoms with van der Waals surface area (Å²) in [6.45, 7) is 6.84. The predicted octanol–water partition coefficient (Wildman–Crippen LogP) is 3.03. The SMILES string of the molecule is CC(C)CCNCCCCCCl. The van der Waals surface area contributed by atoms with Crippen molar-refractivity contribution in [2.24, 2.45) is 5.92 Å². The lowest BCUT2D eigenvalue weighted by Gasteiger charge is -2.05. The maximum Gasteiger partial charge on any atom is 0.0223 e. The van der Waals surface area contributed by atoms with Crippen LogP contribution in [0.3, 0.4) is 0 Å². The van der Waals surface area contributed by atoms with Crippen molar-refractivity contribution in [2.45, 2.75) is 39.5 Å². The molecule has 12 heavy (non-hydrogen) atoms. The number of hydrogen-bond acceptors (Lipinski definition) is 1. The van der Waals surface area contributed by atoms with Crippen LogP contribution < -0.4 is 5.32 Å². The predicted molar refractivity (Wildman–Crippen MR) is 56.9 cm³/mol. The van der Waals surface area contributed by atoms with Crippen molar-refractivity contribution >= 4 is 11.6 Å². The van der Waals surface area contributed by atoms with Gasteiger partial charge in [0.25, 0.3) is 0 Å². The molecule has 2 heteroatoms. The summed E-state index contributed by atoms with van der Waals surface area (Å²) in [5.41, 5.74) is 0. The molecule has 0 bridgehead atoms. The Kier molecular flexibility index (Phi) is 9.53. The van der Waals surface area contributed by atoms with Crippen LogP contribution in [0, 0.1) is 5.92 Å². The second-order valence-electron chi connectivity index (χ2n) is 3.68. The Morgan fingerprint density at radius 1 is 1.08 bits per heavy atom. The summed E-state index contributed by atoms with van der Waals surface area (Å²) in [5, 5.41) is 3.43. The van der Waals surface area contributed by atoms with Crippen LogP contribution in [-0.2, 0) is 0 Å². The van der Waals surface area contributed by atoms with Crippen molar-refractivity contribution < 1.29 is 0 Å². The van der Waals surface area contributed by atoms with Crippen LogP contribution in [0.4, 0.5) is 0 Å². The molecule has 0 atom stereocenters. The van der Waals surface area contributed by atoms with E-state index in [1.807, 2.05) is 0 Å². The van der Waals surface area contributed by atoms with Gasteiger partial charge in [0.05, 0.1) is 0 Å². The molecule has 0 unspecified atom stereocenters. The highest BCUT2D eigenvalue weighted by molar-refractivity contribution is 6.17. The Morgan fingerprint density at radius 2 is 1.83 bits per heavy atom. The lowest BCUT2D eigenvalue weighted by atomic mass is 10.1. The second kappa shape index (κ2) is 9.34. The van der Waals surface area contributed by atoms with Crippen LogP contribution in [-0.4, -0.2) is 19.0 Å². The molecule has 1 nitrogen and oxygen atoms in total. The molecule has 0 aromatic rings. The van der Waals surface area contributed by atoms with Gasteiger partial charge in [0.1, 0.15) is 0 Å². The topological polar surface area (TPSA) is 12.0 Å². The Hall–Kier alpha value is 0.250. The minimum Gasteiger partial charge on any atom is -0.317 e. The van der Waals surface area contributed by atoms with Crippen LogP contribution in [0.2, 0.25) is 0 Å². The molecule has 0 rings (SSSR count). The van der Waals surface area contributed by atoms with Gasteiger partial charge in [-0.3, -0.25) is 0 Å². The molecule has 0 heterocycles. The van der Waals surface area contributed by atoms with Crippen molar-refractivity contribution in [1.29, 1.82) is 0 Å². The quantitative estimate of drug-likeness (QED) is 0.460. The zero-order valence-corrected chi connectivity index (χ0v) is 9.16. The summed E-state index contributed by atoms with van der Waals surface area (Å²) in [7, 11) is 0. The molecular formula is C10H22ClN. The van der Waals surface area contributed by atoms with Gasteiger partial charge in [0, 0.05) is 5.88 Å². The first-order chi connectivity index (χ1) is 5.77. The first-order valence-corrected chi connectivity index (χ1v) is 5.57. The maximum absolute atomic E-state index is 5.56. The van der Waals surface area contributed by atoms with E-state index >= 15 is 0 Å². The van der Waals surface area contributed by atoms with Crippen molar-refractivity contribution in [3.05, 3.63) is 0 Å². The Labute approximate surface area is 81.9 Å². The van der Waals surface area contributed by atoms with E-state index in [0.29, 0.717) is 0 Å². The molecule has 0 saturated carbocycles. The minimum absolute atomic E-state index is 0.812. The van der Waals surface area contributed by atoms with Gasteiger partial charge >= 0.3 is 0 Å². The van der Waals surface area contributed by atoms with Crippen LogP contribution in [0.15, 0.2) is 0 Å². The smallest absolute Gasteiger partial charge is 0.0223 e. The molecule has 0 aliphatic rings. The summed E-state index contributed by atoms with van der Waals surface area (Å²) in [6.07, 6.45) is 4.98. The van der Waals surface area contributed by atoms with Gasteiger partial charge in [-0.15, -0.1) is 11.6 Å². The highest BCUT2D eigenvalue weighted by Crippen LogP contribution is 1.98. The zero-order chi connectivity index (χ0) is 9.23. The fourth-order valence-electron chi connectivity index (χ4n) is 1.04. The highest BCUT2D eigenvalue weighted by Gasteiger charge is 1.92. The van der Waals surface area contributed by atoms with E-state index in [1.54, 1.807) is 0 Å². The molecule has 0 saturated heterocycles. The summed E-state index contributed by atoms with van der Waals surface area (Å²) in [6, 6.07) is 0. The third kappa shape index (κ3) is 10.2. The largest absolute Gasteiger partial charge is 0.317 e. The number of alkyl halides is 1. The molecular weight excluding hydrogens is 170 g/mol. The first kappa shape index (κ1) is 12.2. The molecule has 74 valence electrons. The van der Waals surface area contributed by atoms with Gasteiger partial charge in [-0.2, -0.15) is 0 Å². The Morgan fingerprint density at radius 3 is 2.42 bits per heavy atom. The van der Waals surface area contributed by atoms with E-state index < -0.39 is 0 Å². The fraction of sp³-hybridized carbons (Fsp3) is 1.00. The monoisotopic (exact) mass is 191 g/mol. The second-order valence-corrected chi connectivity index (χ2v) is 4.06. The molecule has 0 aliphatic heterocycles. The fourth-order valence-corrected chi connectivity index (χ4v) is 1.23. The van der Waals surface area contributed by atoms with Crippen LogP contribution >= 0.6 is 11.6 Å². The standard InChI is InChI=1S/C10H22ClN/c1-10(2)6-9-12-8-5-3-4-7-11/h10,12H,3-9H2,1-2H3. The van der Waals surface area contributed by atoms with Crippen LogP contribution in [0.5, 0.6) is 0 Å². The average Bonchev–Trinajstić information content (AvgIpc) is 2.02. The van der Waals surface area contributed by atoms with Gasteiger partial charge in [0.15, 0.2) is 0 Å². The van der Waals surface area contributed by atoms with Crippen molar-refractivity contribution in [3.63, 3.8) is 0 Å². The third-order valence-corrected chi connectivity index (χ3v) is 2.15. The Balaban J connectivity index is 2.82. The molecule has 0 aromatic heterocycles. The summed E-state index contributed by atoms with van der Waals surface area (Å²) >= 11 is 5.56. The van der Waals surface area contributed by atoms with E-state index in [4.69, 9.17) is 11.6 Å². The lowest BCUT2D eigenvalue weighted by molar-refractivity contribution is 0.526.